The van der Waals surface area contributed by atoms with Crippen molar-refractivity contribution < 1.29 is 14.3 Å². The summed E-state index contributed by atoms with van der Waals surface area (Å²) in [5.74, 6) is -0.0359. The van der Waals surface area contributed by atoms with E-state index in [1.54, 1.807) is 18.2 Å². The standard InChI is InChI=1S/C14H20N4O3/c15-14(20)18-11-3-1-2-10(6-11)8-17-13(19)7-12-9-21-5-4-16-12/h1-3,6,12,16H,4-5,7-9H2,(H,17,19)(H3,15,18,20). The van der Waals surface area contributed by atoms with Crippen LogP contribution in [0.5, 0.6) is 0 Å². The molecule has 1 aromatic rings. The summed E-state index contributed by atoms with van der Waals surface area (Å²) >= 11 is 0. The van der Waals surface area contributed by atoms with Crippen molar-refractivity contribution in [2.24, 2.45) is 5.73 Å². The number of ether oxygens (including phenoxy) is 1. The van der Waals surface area contributed by atoms with Crippen molar-refractivity contribution in [2.75, 3.05) is 25.1 Å². The molecule has 1 aliphatic rings. The minimum absolute atomic E-state index is 0.0359. The van der Waals surface area contributed by atoms with E-state index in [1.807, 2.05) is 6.07 Å². The minimum Gasteiger partial charge on any atom is -0.378 e. The molecule has 0 aromatic heterocycles. The molecular weight excluding hydrogens is 272 g/mol. The third-order valence-electron chi connectivity index (χ3n) is 3.11. The van der Waals surface area contributed by atoms with Gasteiger partial charge in [-0.25, -0.2) is 4.79 Å². The van der Waals surface area contributed by atoms with Crippen molar-refractivity contribution >= 4 is 17.6 Å². The van der Waals surface area contributed by atoms with Gasteiger partial charge in [0.15, 0.2) is 0 Å². The number of nitrogens with one attached hydrogen (secondary N) is 3. The van der Waals surface area contributed by atoms with Crippen LogP contribution in [-0.2, 0) is 16.1 Å². The highest BCUT2D eigenvalue weighted by Crippen LogP contribution is 2.10. The predicted molar refractivity (Wildman–Crippen MR) is 78.7 cm³/mol. The molecule has 0 radical (unpaired) electrons. The lowest BCUT2D eigenvalue weighted by atomic mass is 10.1. The first-order valence-electron chi connectivity index (χ1n) is 6.87. The maximum atomic E-state index is 11.9. The number of carbonyl (C=O) groups excluding carboxylic acids is 2. The van der Waals surface area contributed by atoms with Crippen LogP contribution in [0.25, 0.3) is 0 Å². The maximum absolute atomic E-state index is 11.9. The van der Waals surface area contributed by atoms with E-state index in [1.165, 1.54) is 0 Å². The summed E-state index contributed by atoms with van der Waals surface area (Å²) in [6, 6.07) is 6.63. The molecule has 1 aromatic carbocycles. The Labute approximate surface area is 123 Å². The van der Waals surface area contributed by atoms with Crippen LogP contribution in [0.3, 0.4) is 0 Å². The largest absolute Gasteiger partial charge is 0.378 e. The van der Waals surface area contributed by atoms with Crippen molar-refractivity contribution in [3.05, 3.63) is 29.8 Å². The summed E-state index contributed by atoms with van der Waals surface area (Å²) in [5.41, 5.74) is 6.56. The molecule has 1 atom stereocenters. The second-order valence-electron chi connectivity index (χ2n) is 4.90. The second kappa shape index (κ2) is 7.61. The van der Waals surface area contributed by atoms with Gasteiger partial charge in [0.05, 0.1) is 13.2 Å². The number of anilines is 1. The monoisotopic (exact) mass is 292 g/mol. The van der Waals surface area contributed by atoms with Crippen LogP contribution < -0.4 is 21.7 Å². The summed E-state index contributed by atoms with van der Waals surface area (Å²) in [6.45, 7) is 2.43. The number of hydrogen-bond donors (Lipinski definition) is 4. The zero-order valence-corrected chi connectivity index (χ0v) is 11.7. The first-order chi connectivity index (χ1) is 10.1. The van der Waals surface area contributed by atoms with Gasteiger partial charge in [-0.15, -0.1) is 0 Å². The minimum atomic E-state index is -0.612. The van der Waals surface area contributed by atoms with Crippen molar-refractivity contribution in [1.29, 1.82) is 0 Å². The highest BCUT2D eigenvalue weighted by Gasteiger charge is 2.16. The fraction of sp³-hybridized carbons (Fsp3) is 0.429. The molecular formula is C14H20N4O3. The zero-order valence-electron chi connectivity index (χ0n) is 11.7. The fourth-order valence-electron chi connectivity index (χ4n) is 2.15. The Morgan fingerprint density at radius 3 is 3.00 bits per heavy atom. The number of hydrogen-bond acceptors (Lipinski definition) is 4. The second-order valence-corrected chi connectivity index (χ2v) is 4.90. The van der Waals surface area contributed by atoms with Gasteiger partial charge in [-0.2, -0.15) is 0 Å². The molecule has 7 heteroatoms. The molecule has 7 nitrogen and oxygen atoms in total. The van der Waals surface area contributed by atoms with Gasteiger partial charge in [0.25, 0.3) is 0 Å². The third kappa shape index (κ3) is 5.41. The Bertz CT molecular complexity index is 501. The molecule has 0 bridgehead atoms. The van der Waals surface area contributed by atoms with Gasteiger partial charge >= 0.3 is 6.03 Å². The number of amides is 3. The van der Waals surface area contributed by atoms with E-state index in [4.69, 9.17) is 10.5 Å². The number of nitrogens with two attached hydrogens (primary N) is 1. The Hall–Kier alpha value is -2.12. The number of carbonyl (C=O) groups is 2. The average molecular weight is 292 g/mol. The molecule has 1 fully saturated rings. The van der Waals surface area contributed by atoms with Crippen LogP contribution in [0.2, 0.25) is 0 Å². The van der Waals surface area contributed by atoms with Gasteiger partial charge in [0.1, 0.15) is 0 Å². The van der Waals surface area contributed by atoms with Crippen LogP contribution in [-0.4, -0.2) is 37.7 Å². The molecule has 5 N–H and O–H groups in total. The summed E-state index contributed by atoms with van der Waals surface area (Å²) in [5, 5.41) is 8.58. The number of primary amides is 1. The molecule has 0 aliphatic carbocycles. The van der Waals surface area contributed by atoms with E-state index in [-0.39, 0.29) is 11.9 Å². The lowest BCUT2D eigenvalue weighted by Gasteiger charge is -2.23. The number of rotatable bonds is 5. The Balaban J connectivity index is 1.79. The van der Waals surface area contributed by atoms with E-state index in [0.29, 0.717) is 31.9 Å². The molecule has 0 saturated carbocycles. The highest BCUT2D eigenvalue weighted by atomic mass is 16.5. The Morgan fingerprint density at radius 1 is 1.43 bits per heavy atom. The summed E-state index contributed by atoms with van der Waals surface area (Å²) < 4.78 is 5.30. The van der Waals surface area contributed by atoms with E-state index >= 15 is 0 Å². The lowest BCUT2D eigenvalue weighted by molar-refractivity contribution is -0.122. The van der Waals surface area contributed by atoms with E-state index in [0.717, 1.165) is 12.1 Å². The van der Waals surface area contributed by atoms with Gasteiger partial charge in [0.2, 0.25) is 5.91 Å². The topological polar surface area (TPSA) is 105 Å². The zero-order chi connectivity index (χ0) is 15.1. The van der Waals surface area contributed by atoms with E-state index < -0.39 is 6.03 Å². The van der Waals surface area contributed by atoms with Crippen molar-refractivity contribution in [2.45, 2.75) is 19.0 Å². The average Bonchev–Trinajstić information content (AvgIpc) is 2.46. The summed E-state index contributed by atoms with van der Waals surface area (Å²) in [4.78, 5) is 22.6. The molecule has 1 unspecified atom stereocenters. The van der Waals surface area contributed by atoms with Crippen molar-refractivity contribution in [3.63, 3.8) is 0 Å². The highest BCUT2D eigenvalue weighted by molar-refractivity contribution is 5.87. The maximum Gasteiger partial charge on any atom is 0.316 e. The SMILES string of the molecule is NC(=O)Nc1cccc(CNC(=O)CC2COCCN2)c1. The molecule has 1 saturated heterocycles. The van der Waals surface area contributed by atoms with Gasteiger partial charge in [-0.05, 0) is 17.7 Å². The first-order valence-corrected chi connectivity index (χ1v) is 6.87. The summed E-state index contributed by atoms with van der Waals surface area (Å²) in [7, 11) is 0. The molecule has 1 heterocycles. The van der Waals surface area contributed by atoms with E-state index in [2.05, 4.69) is 16.0 Å². The lowest BCUT2D eigenvalue weighted by Crippen LogP contribution is -2.44. The van der Waals surface area contributed by atoms with Gasteiger partial charge in [-0.3, -0.25) is 4.79 Å². The normalized spacial score (nSPS) is 18.0. The van der Waals surface area contributed by atoms with Crippen LogP contribution in [0.4, 0.5) is 10.5 Å². The quantitative estimate of drug-likeness (QED) is 0.621. The fourth-order valence-corrected chi connectivity index (χ4v) is 2.15. The van der Waals surface area contributed by atoms with Gasteiger partial charge < -0.3 is 26.4 Å². The summed E-state index contributed by atoms with van der Waals surface area (Å²) in [6.07, 6.45) is 0.388. The molecule has 114 valence electrons. The van der Waals surface area contributed by atoms with Crippen LogP contribution in [0.1, 0.15) is 12.0 Å². The molecule has 1 aliphatic heterocycles. The number of morpholine rings is 1. The Kier molecular flexibility index (Phi) is 5.53. The van der Waals surface area contributed by atoms with Crippen molar-refractivity contribution in [3.8, 4) is 0 Å². The smallest absolute Gasteiger partial charge is 0.316 e. The molecule has 3 amide bonds. The molecule has 0 spiro atoms. The predicted octanol–water partition coefficient (Wildman–Crippen LogP) is 0.172. The molecule has 2 rings (SSSR count). The van der Waals surface area contributed by atoms with Crippen LogP contribution >= 0.6 is 0 Å². The first kappa shape index (κ1) is 15.3. The molecule has 21 heavy (non-hydrogen) atoms. The van der Waals surface area contributed by atoms with Crippen molar-refractivity contribution in [1.82, 2.24) is 10.6 Å². The van der Waals surface area contributed by atoms with Gasteiger partial charge in [-0.1, -0.05) is 12.1 Å². The van der Waals surface area contributed by atoms with Crippen LogP contribution in [0.15, 0.2) is 24.3 Å². The third-order valence-corrected chi connectivity index (χ3v) is 3.11. The van der Waals surface area contributed by atoms with Crippen LogP contribution in [0, 0.1) is 0 Å². The number of benzene rings is 1. The van der Waals surface area contributed by atoms with Gasteiger partial charge in [0, 0.05) is 31.2 Å². The Morgan fingerprint density at radius 2 is 2.29 bits per heavy atom. The number of urea groups is 1. The van der Waals surface area contributed by atoms with E-state index in [9.17, 15) is 9.59 Å².